The van der Waals surface area contributed by atoms with Crippen LogP contribution in [0.3, 0.4) is 0 Å². The summed E-state index contributed by atoms with van der Waals surface area (Å²) in [6.07, 6.45) is 5.74. The third kappa shape index (κ3) is 8.63. The molecule has 1 unspecified atom stereocenters. The first-order valence-electron chi connectivity index (χ1n) is 8.85. The van der Waals surface area contributed by atoms with Crippen LogP contribution in [0.15, 0.2) is 24.3 Å². The molecule has 0 fully saturated rings. The van der Waals surface area contributed by atoms with E-state index in [1.54, 1.807) is 0 Å². The van der Waals surface area contributed by atoms with Crippen LogP contribution in [-0.2, 0) is 4.74 Å². The van der Waals surface area contributed by atoms with Crippen molar-refractivity contribution in [3.8, 4) is 0 Å². The predicted octanol–water partition coefficient (Wildman–Crippen LogP) is 5.57. The van der Waals surface area contributed by atoms with Crippen molar-refractivity contribution in [1.82, 2.24) is 5.32 Å². The Labute approximate surface area is 141 Å². The highest BCUT2D eigenvalue weighted by atomic mass is 16.6. The molecule has 0 spiro atoms. The largest absolute Gasteiger partial charge is 0.444 e. The van der Waals surface area contributed by atoms with Crippen LogP contribution in [0.5, 0.6) is 0 Å². The molecule has 1 atom stereocenters. The number of amides is 1. The molecule has 0 aliphatic rings. The van der Waals surface area contributed by atoms with Crippen molar-refractivity contribution in [1.29, 1.82) is 0 Å². The normalized spacial score (nSPS) is 12.7. The Hall–Kier alpha value is -1.51. The number of benzene rings is 1. The number of carbonyl (C=O) groups excluding carboxylic acids is 1. The number of hydrogen-bond donors (Lipinski definition) is 1. The zero-order valence-corrected chi connectivity index (χ0v) is 15.4. The molecule has 0 heterocycles. The molecule has 0 aliphatic carbocycles. The van der Waals surface area contributed by atoms with Gasteiger partial charge in [-0.3, -0.25) is 0 Å². The third-order valence-corrected chi connectivity index (χ3v) is 3.85. The Morgan fingerprint density at radius 2 is 1.78 bits per heavy atom. The summed E-state index contributed by atoms with van der Waals surface area (Å²) in [6, 6.07) is 8.64. The number of rotatable bonds is 8. The lowest BCUT2D eigenvalue weighted by Crippen LogP contribution is -2.34. The van der Waals surface area contributed by atoms with Crippen molar-refractivity contribution in [2.24, 2.45) is 0 Å². The van der Waals surface area contributed by atoms with Crippen molar-refractivity contribution < 1.29 is 9.53 Å². The van der Waals surface area contributed by atoms with E-state index < -0.39 is 5.60 Å². The van der Waals surface area contributed by atoms with Gasteiger partial charge in [0.15, 0.2) is 0 Å². The van der Waals surface area contributed by atoms with E-state index in [0.717, 1.165) is 6.42 Å². The second kappa shape index (κ2) is 9.59. The molecule has 0 aromatic heterocycles. The minimum Gasteiger partial charge on any atom is -0.444 e. The summed E-state index contributed by atoms with van der Waals surface area (Å²) in [5, 5.41) is 2.93. The van der Waals surface area contributed by atoms with Gasteiger partial charge < -0.3 is 10.1 Å². The van der Waals surface area contributed by atoms with Gasteiger partial charge in [0.1, 0.15) is 5.60 Å². The quantitative estimate of drug-likeness (QED) is 0.636. The van der Waals surface area contributed by atoms with E-state index in [1.807, 2.05) is 20.8 Å². The molecule has 1 rings (SSSR count). The van der Waals surface area contributed by atoms with Crippen LogP contribution in [0.1, 0.15) is 76.8 Å². The summed E-state index contributed by atoms with van der Waals surface area (Å²) in [4.78, 5) is 11.9. The highest BCUT2D eigenvalue weighted by Gasteiger charge is 2.18. The van der Waals surface area contributed by atoms with E-state index in [-0.39, 0.29) is 6.09 Å². The number of hydrogen-bond acceptors (Lipinski definition) is 2. The molecule has 1 aromatic rings. The van der Waals surface area contributed by atoms with Gasteiger partial charge >= 0.3 is 6.09 Å². The third-order valence-electron chi connectivity index (χ3n) is 3.85. The van der Waals surface area contributed by atoms with E-state index in [2.05, 4.69) is 43.4 Å². The van der Waals surface area contributed by atoms with Crippen LogP contribution < -0.4 is 5.32 Å². The van der Waals surface area contributed by atoms with Crippen molar-refractivity contribution in [3.05, 3.63) is 35.4 Å². The first-order chi connectivity index (χ1) is 10.8. The molecule has 3 heteroatoms. The molecule has 1 amide bonds. The van der Waals surface area contributed by atoms with E-state index in [4.69, 9.17) is 4.74 Å². The Morgan fingerprint density at radius 3 is 2.35 bits per heavy atom. The number of unbranched alkanes of at least 4 members (excludes halogenated alkanes) is 3. The van der Waals surface area contributed by atoms with Crippen molar-refractivity contribution >= 4 is 6.09 Å². The van der Waals surface area contributed by atoms with E-state index >= 15 is 0 Å². The zero-order chi connectivity index (χ0) is 17.3. The molecule has 0 saturated carbocycles. The highest BCUT2D eigenvalue weighted by Crippen LogP contribution is 2.23. The van der Waals surface area contributed by atoms with E-state index in [1.165, 1.54) is 36.8 Å². The molecule has 1 N–H and O–H groups in total. The highest BCUT2D eigenvalue weighted by molar-refractivity contribution is 5.67. The van der Waals surface area contributed by atoms with Crippen molar-refractivity contribution in [3.63, 3.8) is 0 Å². The Morgan fingerprint density at radius 1 is 1.13 bits per heavy atom. The van der Waals surface area contributed by atoms with Gasteiger partial charge in [-0.1, -0.05) is 62.4 Å². The average Bonchev–Trinajstić information content (AvgIpc) is 2.46. The van der Waals surface area contributed by atoms with Gasteiger partial charge in [0.2, 0.25) is 0 Å². The van der Waals surface area contributed by atoms with Gasteiger partial charge in [0.05, 0.1) is 0 Å². The lowest BCUT2D eigenvalue weighted by Gasteiger charge is -2.22. The SMILES string of the molecule is CCCCCCC(CNC(=O)OC(C)(C)C)c1ccc(C)cc1. The second-order valence-corrected chi connectivity index (χ2v) is 7.34. The molecule has 130 valence electrons. The van der Waals surface area contributed by atoms with Crippen LogP contribution >= 0.6 is 0 Å². The monoisotopic (exact) mass is 319 g/mol. The smallest absolute Gasteiger partial charge is 0.407 e. The molecular formula is C20H33NO2. The topological polar surface area (TPSA) is 38.3 Å². The summed E-state index contributed by atoms with van der Waals surface area (Å²) in [5.74, 6) is 0.347. The zero-order valence-electron chi connectivity index (χ0n) is 15.4. The molecule has 23 heavy (non-hydrogen) atoms. The van der Waals surface area contributed by atoms with Crippen LogP contribution in [0, 0.1) is 6.92 Å². The molecule has 0 bridgehead atoms. The van der Waals surface area contributed by atoms with E-state index in [9.17, 15) is 4.79 Å². The van der Waals surface area contributed by atoms with Gasteiger partial charge in [0.25, 0.3) is 0 Å². The molecule has 1 aromatic carbocycles. The summed E-state index contributed by atoms with van der Waals surface area (Å²) >= 11 is 0. The lowest BCUT2D eigenvalue weighted by molar-refractivity contribution is 0.0524. The maximum absolute atomic E-state index is 11.9. The Kier molecular flexibility index (Phi) is 8.15. The Balaban J connectivity index is 2.60. The fraction of sp³-hybridized carbons (Fsp3) is 0.650. The average molecular weight is 319 g/mol. The molecule has 0 radical (unpaired) electrons. The second-order valence-electron chi connectivity index (χ2n) is 7.34. The number of ether oxygens (including phenoxy) is 1. The minimum atomic E-state index is -0.454. The van der Waals surface area contributed by atoms with Crippen LogP contribution in [0.2, 0.25) is 0 Å². The number of aryl methyl sites for hydroxylation is 1. The Bertz CT molecular complexity index is 460. The van der Waals surface area contributed by atoms with Gasteiger partial charge in [-0.05, 0) is 39.7 Å². The number of nitrogens with one attached hydrogen (secondary N) is 1. The number of carbonyl (C=O) groups is 1. The van der Waals surface area contributed by atoms with Crippen LogP contribution in [0.25, 0.3) is 0 Å². The van der Waals surface area contributed by atoms with Crippen molar-refractivity contribution in [2.75, 3.05) is 6.54 Å². The maximum atomic E-state index is 11.9. The predicted molar refractivity (Wildman–Crippen MR) is 96.9 cm³/mol. The minimum absolute atomic E-state index is 0.330. The number of alkyl carbamates (subject to hydrolysis) is 1. The molecule has 0 saturated heterocycles. The fourth-order valence-corrected chi connectivity index (χ4v) is 2.56. The van der Waals surface area contributed by atoms with Gasteiger partial charge in [-0.2, -0.15) is 0 Å². The van der Waals surface area contributed by atoms with Gasteiger partial charge in [-0.15, -0.1) is 0 Å². The lowest BCUT2D eigenvalue weighted by atomic mass is 9.92. The molecule has 3 nitrogen and oxygen atoms in total. The summed E-state index contributed by atoms with van der Waals surface area (Å²) in [6.45, 7) is 10.6. The molecular weight excluding hydrogens is 286 g/mol. The first-order valence-corrected chi connectivity index (χ1v) is 8.85. The summed E-state index contributed by atoms with van der Waals surface area (Å²) < 4.78 is 5.34. The summed E-state index contributed by atoms with van der Waals surface area (Å²) in [7, 11) is 0. The van der Waals surface area contributed by atoms with Crippen molar-refractivity contribution in [2.45, 2.75) is 78.2 Å². The van der Waals surface area contributed by atoms with Crippen LogP contribution in [0.4, 0.5) is 4.79 Å². The van der Waals surface area contributed by atoms with Gasteiger partial charge in [-0.25, -0.2) is 4.79 Å². The van der Waals surface area contributed by atoms with E-state index in [0.29, 0.717) is 12.5 Å². The van der Waals surface area contributed by atoms with Gasteiger partial charge in [0, 0.05) is 12.5 Å². The first kappa shape index (κ1) is 19.5. The maximum Gasteiger partial charge on any atom is 0.407 e. The molecule has 0 aliphatic heterocycles. The standard InChI is InChI=1S/C20H33NO2/c1-6-7-8-9-10-18(17-13-11-16(2)12-14-17)15-21-19(22)23-20(3,4)5/h11-14,18H,6-10,15H2,1-5H3,(H,21,22). The fourth-order valence-electron chi connectivity index (χ4n) is 2.56. The van der Waals surface area contributed by atoms with Crippen LogP contribution in [-0.4, -0.2) is 18.2 Å². The summed E-state index contributed by atoms with van der Waals surface area (Å²) in [5.41, 5.74) is 2.10.